The summed E-state index contributed by atoms with van der Waals surface area (Å²) in [5, 5.41) is 10.1. The summed E-state index contributed by atoms with van der Waals surface area (Å²) in [6, 6.07) is 0.395. The minimum atomic E-state index is -0.107. The van der Waals surface area contributed by atoms with Crippen LogP contribution in [0, 0.1) is 11.3 Å². The Morgan fingerprint density at radius 2 is 2.07 bits per heavy atom. The Bertz CT molecular complexity index is 216. The van der Waals surface area contributed by atoms with Crippen molar-refractivity contribution in [1.29, 1.82) is 0 Å². The van der Waals surface area contributed by atoms with E-state index in [1.165, 1.54) is 25.7 Å². The number of aliphatic hydroxyl groups excluding tert-OH is 1. The number of hydrogen-bond acceptors (Lipinski definition) is 2. The number of rotatable bonds is 1. The van der Waals surface area contributed by atoms with Crippen molar-refractivity contribution >= 4 is 0 Å². The van der Waals surface area contributed by atoms with Gasteiger partial charge in [-0.1, -0.05) is 13.3 Å². The van der Waals surface area contributed by atoms with E-state index < -0.39 is 0 Å². The molecule has 0 saturated heterocycles. The molecule has 0 amide bonds. The fourth-order valence-electron chi connectivity index (χ4n) is 3.59. The largest absolute Gasteiger partial charge is 0.391 e. The zero-order valence-corrected chi connectivity index (χ0v) is 9.66. The van der Waals surface area contributed by atoms with Gasteiger partial charge in [-0.15, -0.1) is 0 Å². The standard InChI is InChI=1S/C12H23NO/c1-12-6-4-5-9(12)7-10(13(2)3)11(14)8-12/h9-11,14H,4-8H2,1-3H3. The van der Waals surface area contributed by atoms with Gasteiger partial charge in [-0.2, -0.15) is 0 Å². The minimum absolute atomic E-state index is 0.107. The third-order valence-corrected chi connectivity index (χ3v) is 4.59. The van der Waals surface area contributed by atoms with Crippen LogP contribution in [0.1, 0.15) is 39.0 Å². The Hall–Kier alpha value is -0.0800. The first-order valence-corrected chi connectivity index (χ1v) is 5.87. The van der Waals surface area contributed by atoms with Crippen LogP contribution in [0.3, 0.4) is 0 Å². The van der Waals surface area contributed by atoms with Crippen LogP contribution in [0.5, 0.6) is 0 Å². The molecule has 2 saturated carbocycles. The predicted octanol–water partition coefficient (Wildman–Crippen LogP) is 1.88. The van der Waals surface area contributed by atoms with Crippen LogP contribution in [0.15, 0.2) is 0 Å². The van der Waals surface area contributed by atoms with Crippen molar-refractivity contribution < 1.29 is 5.11 Å². The van der Waals surface area contributed by atoms with E-state index >= 15 is 0 Å². The van der Waals surface area contributed by atoms with Crippen LogP contribution in [-0.2, 0) is 0 Å². The molecule has 0 spiro atoms. The van der Waals surface area contributed by atoms with E-state index in [1.54, 1.807) is 0 Å². The van der Waals surface area contributed by atoms with Gasteiger partial charge in [0.1, 0.15) is 0 Å². The summed E-state index contributed by atoms with van der Waals surface area (Å²) in [6.45, 7) is 2.37. The fourth-order valence-corrected chi connectivity index (χ4v) is 3.59. The molecule has 14 heavy (non-hydrogen) atoms. The van der Waals surface area contributed by atoms with E-state index in [0.29, 0.717) is 11.5 Å². The lowest BCUT2D eigenvalue weighted by Gasteiger charge is -2.45. The highest BCUT2D eigenvalue weighted by molar-refractivity contribution is 4.99. The monoisotopic (exact) mass is 197 g/mol. The minimum Gasteiger partial charge on any atom is -0.391 e. The van der Waals surface area contributed by atoms with Crippen molar-refractivity contribution in [1.82, 2.24) is 4.90 Å². The smallest absolute Gasteiger partial charge is 0.0700 e. The average Bonchev–Trinajstić information content (AvgIpc) is 2.42. The van der Waals surface area contributed by atoms with Crippen LogP contribution >= 0.6 is 0 Å². The van der Waals surface area contributed by atoms with Crippen LogP contribution < -0.4 is 0 Å². The first-order valence-electron chi connectivity index (χ1n) is 5.87. The number of fused-ring (bicyclic) bond motifs is 1. The maximum Gasteiger partial charge on any atom is 0.0700 e. The molecule has 2 rings (SSSR count). The Balaban J connectivity index is 2.10. The van der Waals surface area contributed by atoms with Gasteiger partial charge in [-0.25, -0.2) is 0 Å². The number of nitrogens with zero attached hydrogens (tertiary/aromatic N) is 1. The zero-order chi connectivity index (χ0) is 10.3. The van der Waals surface area contributed by atoms with E-state index in [9.17, 15) is 5.11 Å². The van der Waals surface area contributed by atoms with E-state index in [1.807, 2.05) is 0 Å². The van der Waals surface area contributed by atoms with Crippen molar-refractivity contribution in [2.24, 2.45) is 11.3 Å². The van der Waals surface area contributed by atoms with Gasteiger partial charge in [0.15, 0.2) is 0 Å². The third-order valence-electron chi connectivity index (χ3n) is 4.59. The molecule has 2 heteroatoms. The highest BCUT2D eigenvalue weighted by Gasteiger charge is 2.47. The molecule has 4 atom stereocenters. The van der Waals surface area contributed by atoms with Gasteiger partial charge in [-0.05, 0) is 51.1 Å². The first-order chi connectivity index (χ1) is 6.53. The third kappa shape index (κ3) is 1.59. The van der Waals surface area contributed by atoms with Crippen molar-refractivity contribution in [3.8, 4) is 0 Å². The molecule has 2 nitrogen and oxygen atoms in total. The van der Waals surface area contributed by atoms with Crippen molar-refractivity contribution in [2.75, 3.05) is 14.1 Å². The molecule has 0 radical (unpaired) electrons. The molecule has 0 aliphatic heterocycles. The zero-order valence-electron chi connectivity index (χ0n) is 9.66. The molecule has 2 fully saturated rings. The molecule has 82 valence electrons. The van der Waals surface area contributed by atoms with Crippen LogP contribution in [0.25, 0.3) is 0 Å². The van der Waals surface area contributed by atoms with Gasteiger partial charge >= 0.3 is 0 Å². The van der Waals surface area contributed by atoms with Gasteiger partial charge in [0, 0.05) is 6.04 Å². The number of likely N-dealkylation sites (N-methyl/N-ethyl adjacent to an activating group) is 1. The maximum absolute atomic E-state index is 10.1. The Labute approximate surface area is 87.3 Å². The van der Waals surface area contributed by atoms with Crippen molar-refractivity contribution in [2.45, 2.75) is 51.2 Å². The molecule has 0 bridgehead atoms. The molecule has 0 aromatic rings. The summed E-state index contributed by atoms with van der Waals surface area (Å²) in [6.07, 6.45) is 6.19. The lowest BCUT2D eigenvalue weighted by Crippen LogP contribution is -2.48. The Morgan fingerprint density at radius 1 is 1.36 bits per heavy atom. The quantitative estimate of drug-likeness (QED) is 0.694. The van der Waals surface area contributed by atoms with E-state index in [-0.39, 0.29) is 6.10 Å². The molecule has 2 aliphatic rings. The maximum atomic E-state index is 10.1. The predicted molar refractivity (Wildman–Crippen MR) is 58.2 cm³/mol. The summed E-state index contributed by atoms with van der Waals surface area (Å²) in [4.78, 5) is 2.20. The highest BCUT2D eigenvalue weighted by atomic mass is 16.3. The van der Waals surface area contributed by atoms with Crippen LogP contribution in [0.4, 0.5) is 0 Å². The molecule has 0 aromatic carbocycles. The van der Waals surface area contributed by atoms with Gasteiger partial charge in [0.05, 0.1) is 6.10 Å². The topological polar surface area (TPSA) is 23.5 Å². The summed E-state index contributed by atoms with van der Waals surface area (Å²) in [5.74, 6) is 0.860. The lowest BCUT2D eigenvalue weighted by molar-refractivity contribution is -0.0307. The average molecular weight is 197 g/mol. The molecule has 0 aromatic heterocycles. The van der Waals surface area contributed by atoms with Gasteiger partial charge in [0.25, 0.3) is 0 Å². The van der Waals surface area contributed by atoms with Crippen molar-refractivity contribution in [3.63, 3.8) is 0 Å². The van der Waals surface area contributed by atoms with E-state index in [2.05, 4.69) is 25.9 Å². The van der Waals surface area contributed by atoms with Crippen molar-refractivity contribution in [3.05, 3.63) is 0 Å². The summed E-state index contributed by atoms with van der Waals surface area (Å²) in [7, 11) is 4.18. The highest BCUT2D eigenvalue weighted by Crippen LogP contribution is 2.52. The molecule has 0 heterocycles. The fraction of sp³-hybridized carbons (Fsp3) is 1.00. The molecular formula is C12H23NO. The van der Waals surface area contributed by atoms with Gasteiger partial charge < -0.3 is 10.0 Å². The summed E-state index contributed by atoms with van der Waals surface area (Å²) >= 11 is 0. The van der Waals surface area contributed by atoms with Gasteiger partial charge in [-0.3, -0.25) is 0 Å². The Kier molecular flexibility index (Phi) is 2.61. The van der Waals surface area contributed by atoms with Gasteiger partial charge in [0.2, 0.25) is 0 Å². The second-order valence-corrected chi connectivity index (χ2v) is 5.78. The second-order valence-electron chi connectivity index (χ2n) is 5.78. The second kappa shape index (κ2) is 3.49. The molecule has 4 unspecified atom stereocenters. The molecule has 2 aliphatic carbocycles. The van der Waals surface area contributed by atoms with Crippen LogP contribution in [-0.4, -0.2) is 36.2 Å². The van der Waals surface area contributed by atoms with E-state index in [4.69, 9.17) is 0 Å². The van der Waals surface area contributed by atoms with Crippen LogP contribution in [0.2, 0.25) is 0 Å². The number of hydrogen-bond donors (Lipinski definition) is 1. The number of aliphatic hydroxyl groups is 1. The SMILES string of the molecule is CN(C)C1CC2CCCC2(C)CC1O. The normalized spacial score (nSPS) is 48.2. The lowest BCUT2D eigenvalue weighted by atomic mass is 9.67. The van der Waals surface area contributed by atoms with E-state index in [0.717, 1.165) is 12.3 Å². The summed E-state index contributed by atoms with van der Waals surface area (Å²) < 4.78 is 0. The molecular weight excluding hydrogens is 174 g/mol. The molecule has 1 N–H and O–H groups in total. The summed E-state index contributed by atoms with van der Waals surface area (Å²) in [5.41, 5.74) is 0.450. The Morgan fingerprint density at radius 3 is 2.71 bits per heavy atom. The first kappa shape index (κ1) is 10.4.